The van der Waals surface area contributed by atoms with Gasteiger partial charge in [0.25, 0.3) is 11.8 Å². The average Bonchev–Trinajstić information content (AvgIpc) is 2.78. The van der Waals surface area contributed by atoms with Crippen molar-refractivity contribution < 1.29 is 14.3 Å². The molecule has 0 aliphatic rings. The van der Waals surface area contributed by atoms with Crippen LogP contribution in [-0.2, 0) is 6.54 Å². The number of carbonyl (C=O) groups is 2. The van der Waals surface area contributed by atoms with Gasteiger partial charge in [0.2, 0.25) is 0 Å². The average molecular weight is 389 g/mol. The Morgan fingerprint density at radius 2 is 1.76 bits per heavy atom. The summed E-state index contributed by atoms with van der Waals surface area (Å²) in [6.07, 6.45) is 2.93. The van der Waals surface area contributed by atoms with Gasteiger partial charge in [0, 0.05) is 37.2 Å². The summed E-state index contributed by atoms with van der Waals surface area (Å²) in [6.45, 7) is 2.97. The van der Waals surface area contributed by atoms with Crippen LogP contribution in [0.15, 0.2) is 73.1 Å². The molecule has 2 amide bonds. The lowest BCUT2D eigenvalue weighted by atomic mass is 10.1. The third-order valence-electron chi connectivity index (χ3n) is 4.46. The number of amides is 2. The molecule has 29 heavy (non-hydrogen) atoms. The molecule has 0 radical (unpaired) electrons. The summed E-state index contributed by atoms with van der Waals surface area (Å²) in [5, 5.41) is 2.80. The number of ether oxygens (including phenoxy) is 1. The second kappa shape index (κ2) is 9.50. The van der Waals surface area contributed by atoms with Crippen LogP contribution in [0.3, 0.4) is 0 Å². The van der Waals surface area contributed by atoms with Crippen LogP contribution in [0.4, 0.5) is 5.69 Å². The van der Waals surface area contributed by atoms with E-state index in [1.807, 2.05) is 37.3 Å². The van der Waals surface area contributed by atoms with Gasteiger partial charge in [-0.1, -0.05) is 36.4 Å². The molecule has 0 aliphatic heterocycles. The van der Waals surface area contributed by atoms with E-state index in [2.05, 4.69) is 10.3 Å². The van der Waals surface area contributed by atoms with Crippen molar-refractivity contribution in [3.63, 3.8) is 0 Å². The minimum absolute atomic E-state index is 0.167. The molecular formula is C23H23N3O3. The minimum atomic E-state index is -0.341. The highest BCUT2D eigenvalue weighted by Crippen LogP contribution is 2.18. The van der Waals surface area contributed by atoms with Gasteiger partial charge in [-0.25, -0.2) is 0 Å². The van der Waals surface area contributed by atoms with E-state index in [4.69, 9.17) is 4.74 Å². The number of methoxy groups -OCH3 is 1. The van der Waals surface area contributed by atoms with Crippen LogP contribution in [0, 0.1) is 0 Å². The maximum atomic E-state index is 12.9. The van der Waals surface area contributed by atoms with Gasteiger partial charge in [-0.15, -0.1) is 0 Å². The van der Waals surface area contributed by atoms with E-state index in [0.29, 0.717) is 35.7 Å². The van der Waals surface area contributed by atoms with Crippen LogP contribution >= 0.6 is 0 Å². The summed E-state index contributed by atoms with van der Waals surface area (Å²) in [5.41, 5.74) is 2.34. The summed E-state index contributed by atoms with van der Waals surface area (Å²) < 4.78 is 5.17. The van der Waals surface area contributed by atoms with Crippen molar-refractivity contribution >= 4 is 17.5 Å². The second-order valence-corrected chi connectivity index (χ2v) is 6.45. The number of carbonyl (C=O) groups excluding carboxylic acids is 2. The molecule has 0 spiro atoms. The second-order valence-electron chi connectivity index (χ2n) is 6.45. The van der Waals surface area contributed by atoms with Crippen LogP contribution < -0.4 is 10.1 Å². The van der Waals surface area contributed by atoms with Gasteiger partial charge < -0.3 is 15.0 Å². The van der Waals surface area contributed by atoms with Gasteiger partial charge in [0.05, 0.1) is 18.2 Å². The zero-order valence-corrected chi connectivity index (χ0v) is 16.5. The number of aromatic nitrogens is 1. The van der Waals surface area contributed by atoms with Crippen molar-refractivity contribution in [2.75, 3.05) is 19.0 Å². The first-order valence-electron chi connectivity index (χ1n) is 9.34. The molecule has 0 bridgehead atoms. The zero-order valence-electron chi connectivity index (χ0n) is 16.5. The SMILES string of the molecule is CCN(Cc1ccccc1)C(=O)c1cncc(C(=O)Nc2cccc(OC)c2)c1. The molecule has 6 nitrogen and oxygen atoms in total. The van der Waals surface area contributed by atoms with Gasteiger partial charge in [0.15, 0.2) is 0 Å². The zero-order chi connectivity index (χ0) is 20.6. The largest absolute Gasteiger partial charge is 0.497 e. The van der Waals surface area contributed by atoms with Gasteiger partial charge in [-0.2, -0.15) is 0 Å². The number of benzene rings is 2. The number of hydrogen-bond donors (Lipinski definition) is 1. The first-order valence-corrected chi connectivity index (χ1v) is 9.34. The quantitative estimate of drug-likeness (QED) is 0.663. The Hall–Kier alpha value is -3.67. The smallest absolute Gasteiger partial charge is 0.257 e. The van der Waals surface area contributed by atoms with Crippen molar-refractivity contribution in [3.8, 4) is 5.75 Å². The third-order valence-corrected chi connectivity index (χ3v) is 4.46. The van der Waals surface area contributed by atoms with Crippen LogP contribution in [0.1, 0.15) is 33.2 Å². The summed E-state index contributed by atoms with van der Waals surface area (Å²) in [4.78, 5) is 31.3. The third kappa shape index (κ3) is 5.19. The highest BCUT2D eigenvalue weighted by atomic mass is 16.5. The van der Waals surface area contributed by atoms with Gasteiger partial charge >= 0.3 is 0 Å². The molecule has 148 valence electrons. The first kappa shape index (κ1) is 20.1. The topological polar surface area (TPSA) is 71.5 Å². The van der Waals surface area contributed by atoms with E-state index >= 15 is 0 Å². The molecule has 1 N–H and O–H groups in total. The van der Waals surface area contributed by atoms with E-state index in [9.17, 15) is 9.59 Å². The fourth-order valence-electron chi connectivity index (χ4n) is 2.90. The Kier molecular flexibility index (Phi) is 6.58. The maximum Gasteiger partial charge on any atom is 0.257 e. The molecule has 0 atom stereocenters. The van der Waals surface area contributed by atoms with Crippen molar-refractivity contribution in [1.29, 1.82) is 0 Å². The lowest BCUT2D eigenvalue weighted by molar-refractivity contribution is 0.0752. The number of pyridine rings is 1. The first-order chi connectivity index (χ1) is 14.1. The van der Waals surface area contributed by atoms with Crippen molar-refractivity contribution in [2.24, 2.45) is 0 Å². The highest BCUT2D eigenvalue weighted by molar-refractivity contribution is 6.05. The molecule has 3 aromatic rings. The van der Waals surface area contributed by atoms with E-state index < -0.39 is 0 Å². The van der Waals surface area contributed by atoms with Crippen LogP contribution in [0.5, 0.6) is 5.75 Å². The van der Waals surface area contributed by atoms with Crippen molar-refractivity contribution in [3.05, 3.63) is 89.7 Å². The van der Waals surface area contributed by atoms with Gasteiger partial charge in [-0.05, 0) is 30.7 Å². The summed E-state index contributed by atoms with van der Waals surface area (Å²) in [5.74, 6) is 0.135. The number of nitrogens with zero attached hydrogens (tertiary/aromatic N) is 2. The van der Waals surface area contributed by atoms with E-state index in [0.717, 1.165) is 5.56 Å². The molecule has 1 aromatic heterocycles. The van der Waals surface area contributed by atoms with E-state index in [-0.39, 0.29) is 11.8 Å². The summed E-state index contributed by atoms with van der Waals surface area (Å²) in [7, 11) is 1.56. The van der Waals surface area contributed by atoms with Gasteiger partial charge in [0.1, 0.15) is 5.75 Å². The Morgan fingerprint density at radius 3 is 2.48 bits per heavy atom. The molecule has 0 aliphatic carbocycles. The number of anilines is 1. The van der Waals surface area contributed by atoms with Gasteiger partial charge in [-0.3, -0.25) is 14.6 Å². The van der Waals surface area contributed by atoms with Crippen molar-refractivity contribution in [1.82, 2.24) is 9.88 Å². The molecule has 1 heterocycles. The van der Waals surface area contributed by atoms with E-state index in [1.54, 1.807) is 42.3 Å². The van der Waals surface area contributed by atoms with Crippen LogP contribution in [0.2, 0.25) is 0 Å². The molecule has 0 unspecified atom stereocenters. The number of rotatable bonds is 7. The lowest BCUT2D eigenvalue weighted by Gasteiger charge is -2.21. The molecule has 0 saturated heterocycles. The van der Waals surface area contributed by atoms with Crippen LogP contribution in [0.25, 0.3) is 0 Å². The molecular weight excluding hydrogens is 366 g/mol. The Labute approximate surface area is 170 Å². The molecule has 2 aromatic carbocycles. The normalized spacial score (nSPS) is 10.3. The Bertz CT molecular complexity index is 989. The highest BCUT2D eigenvalue weighted by Gasteiger charge is 2.17. The van der Waals surface area contributed by atoms with Crippen molar-refractivity contribution in [2.45, 2.75) is 13.5 Å². The molecule has 3 rings (SSSR count). The molecule has 6 heteroatoms. The minimum Gasteiger partial charge on any atom is -0.497 e. The van der Waals surface area contributed by atoms with Crippen LogP contribution in [-0.4, -0.2) is 35.4 Å². The summed E-state index contributed by atoms with van der Waals surface area (Å²) >= 11 is 0. The Morgan fingerprint density at radius 1 is 1.00 bits per heavy atom. The predicted molar refractivity (Wildman–Crippen MR) is 112 cm³/mol. The molecule has 0 fully saturated rings. The lowest BCUT2D eigenvalue weighted by Crippen LogP contribution is -2.30. The number of nitrogens with one attached hydrogen (secondary N) is 1. The fraction of sp³-hybridized carbons (Fsp3) is 0.174. The predicted octanol–water partition coefficient (Wildman–Crippen LogP) is 4.00. The monoisotopic (exact) mass is 389 g/mol. The van der Waals surface area contributed by atoms with E-state index in [1.165, 1.54) is 12.4 Å². The fourth-order valence-corrected chi connectivity index (χ4v) is 2.90. The summed E-state index contributed by atoms with van der Waals surface area (Å²) in [6, 6.07) is 18.4. The standard InChI is InChI=1S/C23H23N3O3/c1-3-26(16-17-8-5-4-6-9-17)23(28)19-12-18(14-24-15-19)22(27)25-20-10-7-11-21(13-20)29-2/h4-15H,3,16H2,1-2H3,(H,25,27). The maximum absolute atomic E-state index is 12.9. The molecule has 0 saturated carbocycles. The Balaban J connectivity index is 1.75. The number of hydrogen-bond acceptors (Lipinski definition) is 4.